The van der Waals surface area contributed by atoms with Gasteiger partial charge in [0.05, 0.1) is 13.2 Å². The SMILES string of the molecule is O=C(O)CCCCCCCCCCCCCCC(=O)N[C@@H](CCC(=O)CCCOCCOCC(=O)O)C(=O)O. The summed E-state index contributed by atoms with van der Waals surface area (Å²) >= 11 is 0. The van der Waals surface area contributed by atoms with Gasteiger partial charge < -0.3 is 30.1 Å². The molecule has 4 N–H and O–H groups in total. The van der Waals surface area contributed by atoms with E-state index in [1.54, 1.807) is 0 Å². The monoisotopic (exact) mass is 559 g/mol. The highest BCUT2D eigenvalue weighted by Gasteiger charge is 2.20. The van der Waals surface area contributed by atoms with Crippen LogP contribution in [0.3, 0.4) is 0 Å². The highest BCUT2D eigenvalue weighted by molar-refractivity contribution is 5.84. The molecule has 39 heavy (non-hydrogen) atoms. The molecule has 0 saturated heterocycles. The molecular formula is C28H49NO10. The van der Waals surface area contributed by atoms with Crippen molar-refractivity contribution in [2.45, 2.75) is 122 Å². The Hall–Kier alpha value is -2.53. The van der Waals surface area contributed by atoms with Gasteiger partial charge in [-0.05, 0) is 25.7 Å². The second-order valence-corrected chi connectivity index (χ2v) is 9.83. The van der Waals surface area contributed by atoms with Gasteiger partial charge >= 0.3 is 17.9 Å². The molecule has 0 unspecified atom stereocenters. The van der Waals surface area contributed by atoms with Gasteiger partial charge in [0.15, 0.2) is 0 Å². The number of ketones is 1. The van der Waals surface area contributed by atoms with Crippen LogP contribution in [0.15, 0.2) is 0 Å². The first-order chi connectivity index (χ1) is 18.7. The zero-order valence-corrected chi connectivity index (χ0v) is 23.3. The van der Waals surface area contributed by atoms with Gasteiger partial charge in [-0.1, -0.05) is 64.2 Å². The molecule has 0 radical (unpaired) electrons. The van der Waals surface area contributed by atoms with Crippen LogP contribution in [0.5, 0.6) is 0 Å². The van der Waals surface area contributed by atoms with Gasteiger partial charge in [0, 0.05) is 32.3 Å². The zero-order valence-electron chi connectivity index (χ0n) is 23.3. The van der Waals surface area contributed by atoms with E-state index in [1.165, 1.54) is 19.3 Å². The molecule has 1 amide bonds. The van der Waals surface area contributed by atoms with Crippen molar-refractivity contribution in [3.05, 3.63) is 0 Å². The second kappa shape index (κ2) is 25.7. The summed E-state index contributed by atoms with van der Waals surface area (Å²) < 4.78 is 10.1. The molecule has 0 spiro atoms. The molecule has 0 aliphatic rings. The van der Waals surface area contributed by atoms with Crippen molar-refractivity contribution >= 4 is 29.6 Å². The quantitative estimate of drug-likeness (QED) is 0.0963. The van der Waals surface area contributed by atoms with Gasteiger partial charge in [0.2, 0.25) is 5.91 Å². The molecule has 0 heterocycles. The summed E-state index contributed by atoms with van der Waals surface area (Å²) in [7, 11) is 0. The lowest BCUT2D eigenvalue weighted by Crippen LogP contribution is -2.41. The highest BCUT2D eigenvalue weighted by Crippen LogP contribution is 2.13. The molecule has 0 bridgehead atoms. The summed E-state index contributed by atoms with van der Waals surface area (Å²) in [5.41, 5.74) is 0. The van der Waals surface area contributed by atoms with Gasteiger partial charge in [-0.25, -0.2) is 9.59 Å². The Morgan fingerprint density at radius 2 is 1.05 bits per heavy atom. The maximum absolute atomic E-state index is 12.1. The van der Waals surface area contributed by atoms with Gasteiger partial charge in [0.1, 0.15) is 18.4 Å². The molecule has 0 aromatic rings. The predicted molar refractivity (Wildman–Crippen MR) is 145 cm³/mol. The molecule has 11 nitrogen and oxygen atoms in total. The number of unbranched alkanes of at least 4 members (excludes halogenated alkanes) is 11. The van der Waals surface area contributed by atoms with Crippen LogP contribution in [0.2, 0.25) is 0 Å². The summed E-state index contributed by atoms with van der Waals surface area (Å²) in [6.07, 6.45) is 13.9. The summed E-state index contributed by atoms with van der Waals surface area (Å²) in [6, 6.07) is -1.08. The normalized spacial score (nSPS) is 11.7. The average Bonchev–Trinajstić information content (AvgIpc) is 2.87. The Morgan fingerprint density at radius 3 is 1.56 bits per heavy atom. The van der Waals surface area contributed by atoms with Crippen LogP contribution in [-0.2, 0) is 33.4 Å². The van der Waals surface area contributed by atoms with Crippen LogP contribution in [0.25, 0.3) is 0 Å². The molecule has 0 fully saturated rings. The van der Waals surface area contributed by atoms with Crippen LogP contribution in [0.4, 0.5) is 0 Å². The van der Waals surface area contributed by atoms with Crippen LogP contribution < -0.4 is 5.32 Å². The molecular weight excluding hydrogens is 510 g/mol. The van der Waals surface area contributed by atoms with Gasteiger partial charge in [-0.2, -0.15) is 0 Å². The fourth-order valence-electron chi connectivity index (χ4n) is 4.03. The Labute approximate surface area is 232 Å². The first-order valence-electron chi connectivity index (χ1n) is 14.3. The third kappa shape index (κ3) is 26.8. The maximum atomic E-state index is 12.1. The zero-order chi connectivity index (χ0) is 29.1. The Morgan fingerprint density at radius 1 is 0.538 bits per heavy atom. The van der Waals surface area contributed by atoms with Crippen molar-refractivity contribution in [3.63, 3.8) is 0 Å². The third-order valence-corrected chi connectivity index (χ3v) is 6.23. The molecule has 11 heteroatoms. The largest absolute Gasteiger partial charge is 0.481 e. The first-order valence-corrected chi connectivity index (χ1v) is 14.3. The third-order valence-electron chi connectivity index (χ3n) is 6.23. The lowest BCUT2D eigenvalue weighted by Gasteiger charge is -2.14. The first kappa shape index (κ1) is 36.5. The molecule has 226 valence electrons. The number of amides is 1. The number of aliphatic carboxylic acids is 3. The van der Waals surface area contributed by atoms with E-state index >= 15 is 0 Å². The van der Waals surface area contributed by atoms with Crippen LogP contribution in [0, 0.1) is 0 Å². The highest BCUT2D eigenvalue weighted by atomic mass is 16.5. The number of nitrogens with one attached hydrogen (secondary N) is 1. The van der Waals surface area contributed by atoms with Crippen molar-refractivity contribution < 1.29 is 48.8 Å². The molecule has 1 atom stereocenters. The number of ether oxygens (including phenoxy) is 2. The lowest BCUT2D eigenvalue weighted by molar-refractivity contribution is -0.143. The fourth-order valence-corrected chi connectivity index (χ4v) is 4.03. The molecule has 0 aliphatic heterocycles. The van der Waals surface area contributed by atoms with Crippen molar-refractivity contribution in [1.82, 2.24) is 5.32 Å². The van der Waals surface area contributed by atoms with E-state index in [1.807, 2.05) is 0 Å². The van der Waals surface area contributed by atoms with E-state index in [9.17, 15) is 29.1 Å². The van der Waals surface area contributed by atoms with Crippen molar-refractivity contribution in [2.75, 3.05) is 26.4 Å². The second-order valence-electron chi connectivity index (χ2n) is 9.83. The van der Waals surface area contributed by atoms with Crippen molar-refractivity contribution in [1.29, 1.82) is 0 Å². The topological polar surface area (TPSA) is 177 Å². The van der Waals surface area contributed by atoms with E-state index in [2.05, 4.69) is 5.32 Å². The number of carbonyl (C=O) groups excluding carboxylic acids is 2. The van der Waals surface area contributed by atoms with E-state index in [4.69, 9.17) is 19.7 Å². The number of hydrogen-bond acceptors (Lipinski definition) is 7. The van der Waals surface area contributed by atoms with Crippen molar-refractivity contribution in [2.24, 2.45) is 0 Å². The van der Waals surface area contributed by atoms with Gasteiger partial charge in [-0.3, -0.25) is 14.4 Å². The Kier molecular flexibility index (Phi) is 24.1. The maximum Gasteiger partial charge on any atom is 0.329 e. The minimum absolute atomic E-state index is 0.0477. The minimum Gasteiger partial charge on any atom is -0.481 e. The summed E-state index contributed by atoms with van der Waals surface area (Å²) in [5.74, 6) is -3.33. The number of carboxylic acid groups (broad SMARTS) is 3. The molecule has 0 saturated carbocycles. The van der Waals surface area contributed by atoms with Gasteiger partial charge in [-0.15, -0.1) is 0 Å². The molecule has 0 aromatic heterocycles. The average molecular weight is 560 g/mol. The Balaban J connectivity index is 3.70. The number of carbonyl (C=O) groups is 5. The molecule has 0 rings (SSSR count). The van der Waals surface area contributed by atoms with E-state index in [0.717, 1.165) is 51.4 Å². The Bertz CT molecular complexity index is 698. The van der Waals surface area contributed by atoms with Crippen LogP contribution >= 0.6 is 0 Å². The smallest absolute Gasteiger partial charge is 0.329 e. The van der Waals surface area contributed by atoms with E-state index in [0.29, 0.717) is 19.4 Å². The fraction of sp³-hybridized carbons (Fsp3) is 0.821. The van der Waals surface area contributed by atoms with Crippen molar-refractivity contribution in [3.8, 4) is 0 Å². The number of carboxylic acids is 3. The summed E-state index contributed by atoms with van der Waals surface area (Å²) in [4.78, 5) is 56.4. The van der Waals surface area contributed by atoms with E-state index < -0.39 is 23.9 Å². The minimum atomic E-state index is -1.15. The van der Waals surface area contributed by atoms with Gasteiger partial charge in [0.25, 0.3) is 0 Å². The number of hydrogen-bond donors (Lipinski definition) is 4. The number of Topliss-reactive ketones (excluding diaryl/α,β-unsaturated/α-hetero) is 1. The number of rotatable bonds is 29. The van der Waals surface area contributed by atoms with Crippen LogP contribution in [-0.4, -0.2) is 77.4 Å². The predicted octanol–water partition coefficient (Wildman–Crippen LogP) is 4.35. The lowest BCUT2D eigenvalue weighted by atomic mass is 10.0. The molecule has 0 aliphatic carbocycles. The standard InChI is InChI=1S/C28H49NO10/c30-23(14-13-19-38-20-21-39-22-27(34)35)17-18-24(28(36)37)29-25(31)15-11-9-7-5-3-1-2-4-6-8-10-12-16-26(32)33/h24H,1-22H2,(H,29,31)(H,32,33)(H,34,35)(H,36,37)/t24-/m0/s1. The van der Waals surface area contributed by atoms with Crippen LogP contribution in [0.1, 0.15) is 116 Å². The summed E-state index contributed by atoms with van der Waals surface area (Å²) in [5, 5.41) is 28.9. The molecule has 0 aromatic carbocycles. The summed E-state index contributed by atoms with van der Waals surface area (Å²) in [6.45, 7) is 0.320. The van der Waals surface area contributed by atoms with E-state index in [-0.39, 0.29) is 63.6 Å².